The van der Waals surface area contributed by atoms with Gasteiger partial charge in [-0.2, -0.15) is 0 Å². The summed E-state index contributed by atoms with van der Waals surface area (Å²) < 4.78 is 0. The third-order valence-electron chi connectivity index (χ3n) is 0. The Morgan fingerprint density at radius 3 is 1.29 bits per heavy atom. The average molecular weight is 147 g/mol. The van der Waals surface area contributed by atoms with Crippen LogP contribution in [0.5, 0.6) is 0 Å². The molecule has 0 aromatic carbocycles. The Morgan fingerprint density at radius 2 is 1.29 bits per heavy atom. The van der Waals surface area contributed by atoms with Gasteiger partial charge in [-0.25, -0.2) is 4.79 Å². The minimum absolute atomic E-state index is 0. The van der Waals surface area contributed by atoms with E-state index in [1.54, 1.807) is 0 Å². The van der Waals surface area contributed by atoms with E-state index in [1.807, 2.05) is 0 Å². The van der Waals surface area contributed by atoms with Gasteiger partial charge >= 0.3 is 66.9 Å². The zero-order chi connectivity index (χ0) is 3.58. The number of carbonyl (C=O) groups is 1. The molecule has 40 valence electrons. The fourth-order valence-corrected chi connectivity index (χ4v) is 0. The molecule has 0 rings (SSSR count). The molecule has 4 nitrogen and oxygen atoms in total. The summed E-state index contributed by atoms with van der Waals surface area (Å²) >= 11 is 0. The molecule has 0 bridgehead atoms. The van der Waals surface area contributed by atoms with E-state index in [-0.39, 0.29) is 66.9 Å². The van der Waals surface area contributed by atoms with E-state index in [1.165, 1.54) is 0 Å². The maximum Gasteiger partial charge on any atom is 0.316 e. The molecule has 0 unspecified atom stereocenters. The van der Waals surface area contributed by atoms with Crippen LogP contribution in [0, 0.1) is 0 Å². The van der Waals surface area contributed by atoms with E-state index in [0.29, 0.717) is 0 Å². The third-order valence-corrected chi connectivity index (χ3v) is 0. The van der Waals surface area contributed by atoms with Crippen LogP contribution in [0.3, 0.4) is 0 Å². The van der Waals surface area contributed by atoms with Crippen molar-refractivity contribution in [2.45, 2.75) is 0 Å². The maximum atomic E-state index is 8.56. The van der Waals surface area contributed by atoms with Crippen LogP contribution in [-0.4, -0.2) is 77.2 Å². The SMILES string of the molecule is N.O=C(O)O.[CaH2].[MgH2]. The molecular weight excluding hydrogens is 138 g/mol. The van der Waals surface area contributed by atoms with Crippen LogP contribution in [0.25, 0.3) is 0 Å². The second-order valence-corrected chi connectivity index (χ2v) is 0.283. The van der Waals surface area contributed by atoms with Gasteiger partial charge in [-0.3, -0.25) is 0 Å². The molecule has 5 N–H and O–H groups in total. The summed E-state index contributed by atoms with van der Waals surface area (Å²) in [5.74, 6) is 0. The summed E-state index contributed by atoms with van der Waals surface area (Å²) in [6.07, 6.45) is -1.83. The first-order chi connectivity index (χ1) is 1.73. The minimum atomic E-state index is -1.83. The first-order valence-corrected chi connectivity index (χ1v) is 0.651. The van der Waals surface area contributed by atoms with E-state index in [0.717, 1.165) is 0 Å². The van der Waals surface area contributed by atoms with Crippen molar-refractivity contribution in [3.8, 4) is 0 Å². The van der Waals surface area contributed by atoms with Crippen LogP contribution in [-0.2, 0) is 0 Å². The standard InChI is InChI=1S/CH2O3.Ca.Mg.H3N.4H/c2-1(3)4;;;;;;;/h(H2,2,3,4);;;1H3;;;;. The van der Waals surface area contributed by atoms with E-state index in [4.69, 9.17) is 15.0 Å². The normalized spacial score (nSPS) is 3.43. The van der Waals surface area contributed by atoms with Crippen LogP contribution in [0.1, 0.15) is 0 Å². The number of hydrogen-bond donors (Lipinski definition) is 3. The molecule has 0 aromatic heterocycles. The molecule has 0 saturated heterocycles. The van der Waals surface area contributed by atoms with Crippen molar-refractivity contribution in [3.05, 3.63) is 0 Å². The average Bonchev–Trinajstić information content (AvgIpc) is 0.811. The van der Waals surface area contributed by atoms with Crippen molar-refractivity contribution >= 4 is 66.9 Å². The fraction of sp³-hybridized carbons (Fsp3) is 0. The van der Waals surface area contributed by atoms with E-state index in [2.05, 4.69) is 0 Å². The van der Waals surface area contributed by atoms with E-state index in [9.17, 15) is 0 Å². The van der Waals surface area contributed by atoms with Crippen molar-refractivity contribution in [2.24, 2.45) is 0 Å². The van der Waals surface area contributed by atoms with Crippen molar-refractivity contribution in [2.75, 3.05) is 0 Å². The van der Waals surface area contributed by atoms with Gasteiger partial charge in [-0.1, -0.05) is 0 Å². The Hall–Kier alpha value is 1.26. The summed E-state index contributed by atoms with van der Waals surface area (Å²) in [5, 5.41) is 13.9. The van der Waals surface area contributed by atoms with Gasteiger partial charge in [0.15, 0.2) is 0 Å². The van der Waals surface area contributed by atoms with Gasteiger partial charge in [-0.15, -0.1) is 0 Å². The van der Waals surface area contributed by atoms with Crippen LogP contribution in [0.4, 0.5) is 4.79 Å². The molecule has 0 fully saturated rings. The van der Waals surface area contributed by atoms with Crippen molar-refractivity contribution in [3.63, 3.8) is 0 Å². The van der Waals surface area contributed by atoms with Gasteiger partial charge in [-0.05, 0) is 0 Å². The number of hydrogen-bond acceptors (Lipinski definition) is 2. The topological polar surface area (TPSA) is 92.5 Å². The smallest absolute Gasteiger partial charge is 0.316 e. The zero-order valence-corrected chi connectivity index (χ0v) is 2.51. The van der Waals surface area contributed by atoms with E-state index >= 15 is 0 Å². The molecule has 6 heteroatoms. The van der Waals surface area contributed by atoms with Gasteiger partial charge in [0.05, 0.1) is 0 Å². The Kier molecular flexibility index (Phi) is 53.7. The molecule has 0 spiro atoms. The molecule has 0 aliphatic carbocycles. The first kappa shape index (κ1) is 24.0. The zero-order valence-electron chi connectivity index (χ0n) is 2.51. The first-order valence-electron chi connectivity index (χ1n) is 0.651. The molecule has 0 aliphatic heterocycles. The van der Waals surface area contributed by atoms with Crippen molar-refractivity contribution in [1.82, 2.24) is 6.15 Å². The van der Waals surface area contributed by atoms with Gasteiger partial charge in [0.25, 0.3) is 0 Å². The summed E-state index contributed by atoms with van der Waals surface area (Å²) in [4.78, 5) is 8.56. The fourth-order valence-electron chi connectivity index (χ4n) is 0. The second kappa shape index (κ2) is 15.7. The number of rotatable bonds is 0. The van der Waals surface area contributed by atoms with Gasteiger partial charge in [0.1, 0.15) is 0 Å². The van der Waals surface area contributed by atoms with Crippen molar-refractivity contribution in [1.29, 1.82) is 0 Å². The van der Waals surface area contributed by atoms with Crippen LogP contribution < -0.4 is 6.15 Å². The molecule has 7 heavy (non-hydrogen) atoms. The summed E-state index contributed by atoms with van der Waals surface area (Å²) in [5.41, 5.74) is 0. The molecule has 0 aliphatic rings. The minimum Gasteiger partial charge on any atom is 0.316 e. The Balaban J connectivity index is -0.0000000150. The monoisotopic (exact) mass is 147 g/mol. The van der Waals surface area contributed by atoms with Crippen LogP contribution in [0.2, 0.25) is 0 Å². The number of carboxylic acid groups (broad SMARTS) is 2. The molecule has 0 saturated carbocycles. The predicted molar refractivity (Wildman–Crippen MR) is 32.8 cm³/mol. The Labute approximate surface area is 87.0 Å². The van der Waals surface area contributed by atoms with Crippen LogP contribution in [0.15, 0.2) is 0 Å². The quantitative estimate of drug-likeness (QED) is 0.366. The maximum absolute atomic E-state index is 8.56. The Bertz CT molecular complexity index is 37.9. The van der Waals surface area contributed by atoms with Crippen molar-refractivity contribution < 1.29 is 15.0 Å². The molecular formula is CH9CaMgNO3. The summed E-state index contributed by atoms with van der Waals surface area (Å²) in [6.45, 7) is 0. The predicted octanol–water partition coefficient (Wildman–Crippen LogP) is -1.45. The molecule has 0 atom stereocenters. The molecule has 0 amide bonds. The molecule has 0 radical (unpaired) electrons. The summed E-state index contributed by atoms with van der Waals surface area (Å²) in [6, 6.07) is 0. The Morgan fingerprint density at radius 1 is 1.29 bits per heavy atom. The molecule has 0 aromatic rings. The van der Waals surface area contributed by atoms with Crippen LogP contribution >= 0.6 is 0 Å². The summed E-state index contributed by atoms with van der Waals surface area (Å²) in [7, 11) is 0. The van der Waals surface area contributed by atoms with E-state index < -0.39 is 6.16 Å². The third kappa shape index (κ3) is 127. The molecule has 0 heterocycles. The van der Waals surface area contributed by atoms with Gasteiger partial charge in [0, 0.05) is 0 Å². The largest absolute Gasteiger partial charge is 0.316 e. The van der Waals surface area contributed by atoms with Gasteiger partial charge < -0.3 is 16.4 Å². The second-order valence-electron chi connectivity index (χ2n) is 0.283. The van der Waals surface area contributed by atoms with Gasteiger partial charge in [0.2, 0.25) is 0 Å².